The molecular formula is C22H27IO5S. The minimum Gasteiger partial charge on any atom is -0.481 e. The molecule has 2 aromatic carbocycles. The zero-order valence-electron chi connectivity index (χ0n) is 16.9. The van der Waals surface area contributed by atoms with Crippen molar-refractivity contribution in [3.63, 3.8) is 0 Å². The zero-order valence-corrected chi connectivity index (χ0v) is 19.9. The van der Waals surface area contributed by atoms with Crippen LogP contribution in [-0.4, -0.2) is 26.1 Å². The van der Waals surface area contributed by atoms with Gasteiger partial charge in [-0.25, -0.2) is 0 Å². The van der Waals surface area contributed by atoms with Gasteiger partial charge in [-0.05, 0) is 91.4 Å². The maximum Gasteiger partial charge on any atom is 0.313 e. The Morgan fingerprint density at radius 1 is 1.17 bits per heavy atom. The highest BCUT2D eigenvalue weighted by atomic mass is 127. The molecule has 0 radical (unpaired) electrons. The van der Waals surface area contributed by atoms with E-state index < -0.39 is 21.5 Å². The number of aliphatic carboxylic acids is 1. The van der Waals surface area contributed by atoms with Crippen LogP contribution in [0.15, 0.2) is 53.4 Å². The number of rotatable bonds is 10. The highest BCUT2D eigenvalue weighted by molar-refractivity contribution is 14.1. The van der Waals surface area contributed by atoms with Crippen LogP contribution in [0, 0.1) is 16.4 Å². The summed E-state index contributed by atoms with van der Waals surface area (Å²) in [6, 6.07) is 14.1. The molecule has 2 unspecified atom stereocenters. The van der Waals surface area contributed by atoms with Gasteiger partial charge in [0.15, 0.2) is 0 Å². The minimum atomic E-state index is -3.77. The van der Waals surface area contributed by atoms with Gasteiger partial charge in [0.25, 0.3) is 10.1 Å². The molecule has 29 heavy (non-hydrogen) atoms. The monoisotopic (exact) mass is 530 g/mol. The van der Waals surface area contributed by atoms with E-state index >= 15 is 0 Å². The molecule has 0 spiro atoms. The molecule has 0 aliphatic rings. The lowest BCUT2D eigenvalue weighted by Crippen LogP contribution is -2.33. The molecular weight excluding hydrogens is 503 g/mol. The Bertz CT molecular complexity index is 940. The second-order valence-electron chi connectivity index (χ2n) is 7.67. The number of benzene rings is 2. The van der Waals surface area contributed by atoms with Crippen LogP contribution in [-0.2, 0) is 24.5 Å². The van der Waals surface area contributed by atoms with E-state index in [4.69, 9.17) is 4.18 Å². The Hall–Kier alpha value is -1.45. The third-order valence-corrected chi connectivity index (χ3v) is 7.23. The third-order valence-electron chi connectivity index (χ3n) is 5.23. The average molecular weight is 530 g/mol. The van der Waals surface area contributed by atoms with Crippen molar-refractivity contribution in [3.05, 3.63) is 63.2 Å². The number of halogens is 1. The van der Waals surface area contributed by atoms with Crippen LogP contribution in [0.2, 0.25) is 0 Å². The molecule has 7 heteroatoms. The van der Waals surface area contributed by atoms with Crippen LogP contribution in [0.4, 0.5) is 0 Å². The van der Waals surface area contributed by atoms with Crippen LogP contribution >= 0.6 is 22.6 Å². The SMILES string of the molecule is Cc1ccc(S(=O)(=O)OCCC(C)CCC(C)(C(=O)O)c2cccc(I)c2)cc1. The predicted octanol–water partition coefficient (Wildman–Crippen LogP) is 5.15. The van der Waals surface area contributed by atoms with Gasteiger partial charge in [0.1, 0.15) is 0 Å². The lowest BCUT2D eigenvalue weighted by Gasteiger charge is -2.27. The number of carboxylic acid groups (broad SMARTS) is 1. The first-order valence-corrected chi connectivity index (χ1v) is 12.0. The topological polar surface area (TPSA) is 80.7 Å². The average Bonchev–Trinajstić information content (AvgIpc) is 2.66. The maximum absolute atomic E-state index is 12.2. The van der Waals surface area contributed by atoms with E-state index in [1.807, 2.05) is 38.1 Å². The quantitative estimate of drug-likeness (QED) is 0.340. The smallest absolute Gasteiger partial charge is 0.313 e. The van der Waals surface area contributed by atoms with E-state index in [0.717, 1.165) is 14.7 Å². The summed E-state index contributed by atoms with van der Waals surface area (Å²) in [5.41, 5.74) is 0.777. The molecule has 0 amide bonds. The second-order valence-corrected chi connectivity index (χ2v) is 10.5. The summed E-state index contributed by atoms with van der Waals surface area (Å²) in [4.78, 5) is 12.1. The van der Waals surface area contributed by atoms with Gasteiger partial charge >= 0.3 is 5.97 Å². The number of aryl methyl sites for hydroxylation is 1. The fourth-order valence-corrected chi connectivity index (χ4v) is 4.48. The Kier molecular flexibility index (Phi) is 8.25. The van der Waals surface area contributed by atoms with E-state index in [1.54, 1.807) is 19.1 Å². The van der Waals surface area contributed by atoms with Gasteiger partial charge in [-0.3, -0.25) is 8.98 Å². The van der Waals surface area contributed by atoms with E-state index in [2.05, 4.69) is 22.6 Å². The zero-order chi connectivity index (χ0) is 21.7. The number of carbonyl (C=O) groups is 1. The first-order valence-electron chi connectivity index (χ1n) is 9.50. The summed E-state index contributed by atoms with van der Waals surface area (Å²) < 4.78 is 30.7. The van der Waals surface area contributed by atoms with Crippen molar-refractivity contribution in [1.29, 1.82) is 0 Å². The van der Waals surface area contributed by atoms with Crippen molar-refractivity contribution in [2.24, 2.45) is 5.92 Å². The Morgan fingerprint density at radius 3 is 2.41 bits per heavy atom. The first kappa shape index (κ1) is 23.8. The van der Waals surface area contributed by atoms with Gasteiger partial charge in [-0.1, -0.05) is 36.8 Å². The number of hydrogen-bond donors (Lipinski definition) is 1. The molecule has 158 valence electrons. The van der Waals surface area contributed by atoms with Gasteiger partial charge in [0.2, 0.25) is 0 Å². The molecule has 0 saturated carbocycles. The van der Waals surface area contributed by atoms with Gasteiger partial charge in [-0.2, -0.15) is 8.42 Å². The summed E-state index contributed by atoms with van der Waals surface area (Å²) in [7, 11) is -3.77. The van der Waals surface area contributed by atoms with Gasteiger partial charge in [-0.15, -0.1) is 0 Å². The normalized spacial score (nSPS) is 14.9. The highest BCUT2D eigenvalue weighted by Crippen LogP contribution is 2.32. The van der Waals surface area contributed by atoms with Crippen LogP contribution in [0.25, 0.3) is 0 Å². The number of hydrogen-bond acceptors (Lipinski definition) is 4. The Labute approximate surface area is 186 Å². The maximum atomic E-state index is 12.2. The molecule has 2 rings (SSSR count). The molecule has 1 N–H and O–H groups in total. The predicted molar refractivity (Wildman–Crippen MR) is 121 cm³/mol. The van der Waals surface area contributed by atoms with E-state index in [-0.39, 0.29) is 17.4 Å². The molecule has 0 aromatic heterocycles. The van der Waals surface area contributed by atoms with Crippen LogP contribution in [0.3, 0.4) is 0 Å². The summed E-state index contributed by atoms with van der Waals surface area (Å²) in [6.45, 7) is 5.69. The van der Waals surface area contributed by atoms with Crippen LogP contribution in [0.5, 0.6) is 0 Å². The second kappa shape index (κ2) is 10.0. The fourth-order valence-electron chi connectivity index (χ4n) is 3.02. The highest BCUT2D eigenvalue weighted by Gasteiger charge is 2.35. The van der Waals surface area contributed by atoms with Gasteiger partial charge in [0.05, 0.1) is 16.9 Å². The molecule has 0 heterocycles. The van der Waals surface area contributed by atoms with Gasteiger partial charge < -0.3 is 5.11 Å². The lowest BCUT2D eigenvalue weighted by atomic mass is 9.77. The van der Waals surface area contributed by atoms with E-state index in [9.17, 15) is 18.3 Å². The van der Waals surface area contributed by atoms with E-state index in [0.29, 0.717) is 19.3 Å². The van der Waals surface area contributed by atoms with Crippen molar-refractivity contribution in [2.45, 2.75) is 50.3 Å². The standard InChI is InChI=1S/C22H27IO5S/c1-16-7-9-20(10-8-16)29(26,27)28-14-12-17(2)11-13-22(3,21(24)25)18-5-4-6-19(23)15-18/h4-10,15,17H,11-14H2,1-3H3,(H,24,25). The summed E-state index contributed by atoms with van der Waals surface area (Å²) >= 11 is 2.18. The molecule has 2 aromatic rings. The Balaban J connectivity index is 1.92. The minimum absolute atomic E-state index is 0.0738. The van der Waals surface area contributed by atoms with Crippen LogP contribution in [0.1, 0.15) is 44.2 Å². The fraction of sp³-hybridized carbons (Fsp3) is 0.409. The summed E-state index contributed by atoms with van der Waals surface area (Å²) in [6.07, 6.45) is 1.66. The first-order chi connectivity index (χ1) is 13.5. The largest absolute Gasteiger partial charge is 0.481 e. The van der Waals surface area contributed by atoms with Crippen LogP contribution < -0.4 is 0 Å². The number of carboxylic acids is 1. The van der Waals surface area contributed by atoms with Crippen molar-refractivity contribution in [2.75, 3.05) is 6.61 Å². The lowest BCUT2D eigenvalue weighted by molar-refractivity contribution is -0.143. The molecule has 2 atom stereocenters. The van der Waals surface area contributed by atoms with Crippen molar-refractivity contribution in [1.82, 2.24) is 0 Å². The van der Waals surface area contributed by atoms with E-state index in [1.165, 1.54) is 12.1 Å². The Morgan fingerprint density at radius 2 is 1.83 bits per heavy atom. The van der Waals surface area contributed by atoms with Crippen molar-refractivity contribution >= 4 is 38.7 Å². The third kappa shape index (κ3) is 6.52. The molecule has 5 nitrogen and oxygen atoms in total. The molecule has 0 aliphatic heterocycles. The summed E-state index contributed by atoms with van der Waals surface area (Å²) in [5, 5.41) is 9.81. The molecule has 0 fully saturated rings. The summed E-state index contributed by atoms with van der Waals surface area (Å²) in [5.74, 6) is -0.727. The molecule has 0 bridgehead atoms. The molecule has 0 saturated heterocycles. The molecule has 0 aliphatic carbocycles. The van der Waals surface area contributed by atoms with Gasteiger partial charge in [0, 0.05) is 3.57 Å². The van der Waals surface area contributed by atoms with Crippen molar-refractivity contribution in [3.8, 4) is 0 Å². The van der Waals surface area contributed by atoms with Crippen molar-refractivity contribution < 1.29 is 22.5 Å².